The van der Waals surface area contributed by atoms with Gasteiger partial charge < -0.3 is 16.0 Å². The zero-order valence-electron chi connectivity index (χ0n) is 19.5. The summed E-state index contributed by atoms with van der Waals surface area (Å²) in [6, 6.07) is 24.8. The maximum Gasteiger partial charge on any atom is 0.416 e. The smallest absolute Gasteiger partial charge is 0.382 e. The first-order chi connectivity index (χ1) is 17.3. The number of anilines is 4. The predicted octanol–water partition coefficient (Wildman–Crippen LogP) is 7.14. The van der Waals surface area contributed by atoms with E-state index in [1.807, 2.05) is 30.3 Å². The molecule has 0 aliphatic carbocycles. The van der Waals surface area contributed by atoms with Gasteiger partial charge >= 0.3 is 6.18 Å². The van der Waals surface area contributed by atoms with Gasteiger partial charge in [0.05, 0.1) is 16.8 Å². The number of benzene rings is 3. The van der Waals surface area contributed by atoms with Crippen LogP contribution in [0.15, 0.2) is 97.2 Å². The van der Waals surface area contributed by atoms with E-state index in [-0.39, 0.29) is 17.6 Å². The van der Waals surface area contributed by atoms with Gasteiger partial charge in [-0.3, -0.25) is 9.78 Å². The maximum absolute atomic E-state index is 13.1. The maximum atomic E-state index is 13.1. The Morgan fingerprint density at radius 1 is 0.861 bits per heavy atom. The van der Waals surface area contributed by atoms with Gasteiger partial charge in [0, 0.05) is 41.4 Å². The fourth-order valence-electron chi connectivity index (χ4n) is 3.74. The molecule has 1 unspecified atom stereocenters. The molecule has 4 aromatic rings. The Balaban J connectivity index is 1.40. The highest BCUT2D eigenvalue weighted by atomic mass is 19.4. The van der Waals surface area contributed by atoms with Gasteiger partial charge in [-0.25, -0.2) is 0 Å². The summed E-state index contributed by atoms with van der Waals surface area (Å²) in [5, 5.41) is 9.18. The zero-order valence-corrected chi connectivity index (χ0v) is 19.5. The van der Waals surface area contributed by atoms with Crippen LogP contribution >= 0.6 is 0 Å². The molecule has 3 aromatic carbocycles. The number of nitrogens with one attached hydrogen (secondary N) is 3. The van der Waals surface area contributed by atoms with Crippen molar-refractivity contribution in [1.29, 1.82) is 0 Å². The van der Waals surface area contributed by atoms with Gasteiger partial charge in [0.25, 0.3) is 5.91 Å². The van der Waals surface area contributed by atoms with Crippen LogP contribution in [0.4, 0.5) is 35.9 Å². The molecule has 0 fully saturated rings. The Morgan fingerprint density at radius 3 is 2.31 bits per heavy atom. The van der Waals surface area contributed by atoms with Gasteiger partial charge in [-0.1, -0.05) is 24.3 Å². The van der Waals surface area contributed by atoms with E-state index < -0.39 is 11.7 Å². The predicted molar refractivity (Wildman–Crippen MR) is 137 cm³/mol. The van der Waals surface area contributed by atoms with Gasteiger partial charge in [0.15, 0.2) is 0 Å². The standard InChI is InChI=1S/C28H25F3N4O/c1-19(17-23-8-4-5-16-32-23)33-21-12-14-22(15-13-21)35-27(36)25-10-2-3-11-26(25)34-24-9-6-7-20(18-24)28(29,30)31/h2-16,18-19,33-34H,17H2,1H3,(H,35,36). The average molecular weight is 491 g/mol. The summed E-state index contributed by atoms with van der Waals surface area (Å²) in [4.78, 5) is 17.3. The molecular formula is C28H25F3N4O. The van der Waals surface area contributed by atoms with E-state index in [0.717, 1.165) is 29.9 Å². The molecule has 0 spiro atoms. The third-order valence-corrected chi connectivity index (χ3v) is 5.44. The molecule has 0 aliphatic rings. The Bertz CT molecular complexity index is 1310. The molecular weight excluding hydrogens is 465 g/mol. The summed E-state index contributed by atoms with van der Waals surface area (Å²) in [6.45, 7) is 2.07. The number of halogens is 3. The Labute approximate surface area is 207 Å². The Kier molecular flexibility index (Phi) is 7.53. The van der Waals surface area contributed by atoms with E-state index in [2.05, 4.69) is 27.9 Å². The van der Waals surface area contributed by atoms with Crippen LogP contribution < -0.4 is 16.0 Å². The van der Waals surface area contributed by atoms with Crippen LogP contribution in [-0.4, -0.2) is 16.9 Å². The molecule has 1 atom stereocenters. The third-order valence-electron chi connectivity index (χ3n) is 5.44. The Morgan fingerprint density at radius 2 is 1.58 bits per heavy atom. The van der Waals surface area contributed by atoms with E-state index in [1.165, 1.54) is 12.1 Å². The van der Waals surface area contributed by atoms with Crippen molar-refractivity contribution in [2.45, 2.75) is 25.6 Å². The molecule has 0 bridgehead atoms. The van der Waals surface area contributed by atoms with Gasteiger partial charge in [-0.05, 0) is 73.7 Å². The first-order valence-electron chi connectivity index (χ1n) is 11.4. The lowest BCUT2D eigenvalue weighted by molar-refractivity contribution is -0.137. The van der Waals surface area contributed by atoms with Crippen molar-refractivity contribution < 1.29 is 18.0 Å². The minimum absolute atomic E-state index is 0.161. The lowest BCUT2D eigenvalue weighted by Gasteiger charge is -2.16. The van der Waals surface area contributed by atoms with Crippen molar-refractivity contribution in [2.75, 3.05) is 16.0 Å². The molecule has 8 heteroatoms. The number of hydrogen-bond donors (Lipinski definition) is 3. The van der Waals surface area contributed by atoms with E-state index in [9.17, 15) is 18.0 Å². The average Bonchev–Trinajstić information content (AvgIpc) is 2.86. The fourth-order valence-corrected chi connectivity index (χ4v) is 3.74. The number of alkyl halides is 3. The van der Waals surface area contributed by atoms with Crippen molar-refractivity contribution in [3.05, 3.63) is 114 Å². The SMILES string of the molecule is CC(Cc1ccccn1)Nc1ccc(NC(=O)c2ccccc2Nc2cccc(C(F)(F)F)c2)cc1. The molecule has 1 amide bonds. The van der Waals surface area contributed by atoms with Crippen molar-refractivity contribution in [3.8, 4) is 0 Å². The third kappa shape index (κ3) is 6.63. The number of para-hydroxylation sites is 1. The number of amides is 1. The minimum Gasteiger partial charge on any atom is -0.382 e. The van der Waals surface area contributed by atoms with Crippen molar-refractivity contribution in [3.63, 3.8) is 0 Å². The van der Waals surface area contributed by atoms with Crippen LogP contribution in [0.5, 0.6) is 0 Å². The van der Waals surface area contributed by atoms with Gasteiger partial charge in [0.2, 0.25) is 0 Å². The van der Waals surface area contributed by atoms with Gasteiger partial charge in [-0.2, -0.15) is 13.2 Å². The summed E-state index contributed by atoms with van der Waals surface area (Å²) in [7, 11) is 0. The first-order valence-corrected chi connectivity index (χ1v) is 11.4. The van der Waals surface area contributed by atoms with E-state index in [0.29, 0.717) is 16.9 Å². The molecule has 184 valence electrons. The highest BCUT2D eigenvalue weighted by Gasteiger charge is 2.30. The summed E-state index contributed by atoms with van der Waals surface area (Å²) < 4.78 is 39.2. The zero-order chi connectivity index (χ0) is 25.5. The van der Waals surface area contributed by atoms with E-state index >= 15 is 0 Å². The van der Waals surface area contributed by atoms with Crippen LogP contribution in [-0.2, 0) is 12.6 Å². The van der Waals surface area contributed by atoms with Crippen LogP contribution in [0.3, 0.4) is 0 Å². The molecule has 0 aliphatic heterocycles. The molecule has 0 saturated carbocycles. The molecule has 36 heavy (non-hydrogen) atoms. The van der Waals surface area contributed by atoms with E-state index in [4.69, 9.17) is 0 Å². The number of pyridine rings is 1. The summed E-state index contributed by atoms with van der Waals surface area (Å²) in [5.74, 6) is -0.380. The highest BCUT2D eigenvalue weighted by Crippen LogP contribution is 2.32. The second-order valence-electron chi connectivity index (χ2n) is 8.35. The number of hydrogen-bond acceptors (Lipinski definition) is 4. The van der Waals surface area contributed by atoms with Crippen molar-refractivity contribution in [1.82, 2.24) is 4.98 Å². The lowest BCUT2D eigenvalue weighted by Crippen LogP contribution is -2.18. The number of aromatic nitrogens is 1. The minimum atomic E-state index is -4.45. The Hall–Kier alpha value is -4.33. The summed E-state index contributed by atoms with van der Waals surface area (Å²) in [5.41, 5.74) is 2.67. The van der Waals surface area contributed by atoms with Crippen LogP contribution in [0.2, 0.25) is 0 Å². The molecule has 0 radical (unpaired) electrons. The van der Waals surface area contributed by atoms with Crippen LogP contribution in [0.25, 0.3) is 0 Å². The molecule has 0 saturated heterocycles. The highest BCUT2D eigenvalue weighted by molar-refractivity contribution is 6.08. The quantitative estimate of drug-likeness (QED) is 0.246. The van der Waals surface area contributed by atoms with Gasteiger partial charge in [0.1, 0.15) is 0 Å². The molecule has 4 rings (SSSR count). The van der Waals surface area contributed by atoms with Crippen LogP contribution in [0.1, 0.15) is 28.5 Å². The molecule has 1 heterocycles. The molecule has 5 nitrogen and oxygen atoms in total. The number of carbonyl (C=O) groups is 1. The second kappa shape index (κ2) is 10.9. The van der Waals surface area contributed by atoms with Crippen molar-refractivity contribution >= 4 is 28.7 Å². The lowest BCUT2D eigenvalue weighted by atomic mass is 10.1. The number of carbonyl (C=O) groups excluding carboxylic acids is 1. The largest absolute Gasteiger partial charge is 0.416 e. The van der Waals surface area contributed by atoms with Crippen LogP contribution in [0, 0.1) is 0 Å². The van der Waals surface area contributed by atoms with Gasteiger partial charge in [-0.15, -0.1) is 0 Å². The first kappa shape index (κ1) is 24.8. The second-order valence-corrected chi connectivity index (χ2v) is 8.35. The monoisotopic (exact) mass is 490 g/mol. The summed E-state index contributed by atoms with van der Waals surface area (Å²) >= 11 is 0. The fraction of sp³-hybridized carbons (Fsp3) is 0.143. The van der Waals surface area contributed by atoms with Crippen molar-refractivity contribution in [2.24, 2.45) is 0 Å². The summed E-state index contributed by atoms with van der Waals surface area (Å²) in [6.07, 6.45) is -1.91. The molecule has 1 aromatic heterocycles. The normalized spacial score (nSPS) is 12.0. The van der Waals surface area contributed by atoms with E-state index in [1.54, 1.807) is 42.6 Å². The number of nitrogens with zero attached hydrogens (tertiary/aromatic N) is 1. The topological polar surface area (TPSA) is 66.0 Å². The molecule has 3 N–H and O–H groups in total. The number of rotatable bonds is 8.